The molecule has 0 amide bonds. The molecule has 1 aliphatic heterocycles. The molecule has 3 heterocycles. The molecule has 0 bridgehead atoms. The summed E-state index contributed by atoms with van der Waals surface area (Å²) in [6, 6.07) is 8.45. The lowest BCUT2D eigenvalue weighted by molar-refractivity contribution is 0.301. The number of aromatic nitrogens is 4. The Kier molecular flexibility index (Phi) is 3.63. The fourth-order valence-electron chi connectivity index (χ4n) is 3.06. The van der Waals surface area contributed by atoms with Crippen LogP contribution in [0.25, 0.3) is 11.3 Å². The molecule has 124 valence electrons. The number of aryl methyl sites for hydroxylation is 1. The lowest BCUT2D eigenvalue weighted by Gasteiger charge is -2.07. The van der Waals surface area contributed by atoms with Crippen molar-refractivity contribution in [2.45, 2.75) is 40.5 Å². The average molecular weight is 322 g/mol. The van der Waals surface area contributed by atoms with Crippen molar-refractivity contribution in [3.8, 4) is 17.0 Å². The zero-order valence-electron chi connectivity index (χ0n) is 14.4. The Morgan fingerprint density at radius 2 is 2.12 bits per heavy atom. The Balaban J connectivity index is 1.63. The van der Waals surface area contributed by atoms with Gasteiger partial charge >= 0.3 is 0 Å². The molecule has 0 saturated heterocycles. The summed E-state index contributed by atoms with van der Waals surface area (Å²) < 4.78 is 10.0. The van der Waals surface area contributed by atoms with Gasteiger partial charge in [0.2, 0.25) is 0 Å². The maximum absolute atomic E-state index is 5.98. The summed E-state index contributed by atoms with van der Waals surface area (Å²) in [4.78, 5) is 0. The average Bonchev–Trinajstić information content (AvgIpc) is 3.10. The fraction of sp³-hybridized carbons (Fsp3) is 0.368. The van der Waals surface area contributed by atoms with E-state index >= 15 is 0 Å². The smallest absolute Gasteiger partial charge is 0.130 e. The van der Waals surface area contributed by atoms with Crippen molar-refractivity contribution in [3.05, 3.63) is 53.5 Å². The summed E-state index contributed by atoms with van der Waals surface area (Å²) >= 11 is 0. The van der Waals surface area contributed by atoms with Crippen molar-refractivity contribution in [3.63, 3.8) is 0 Å². The van der Waals surface area contributed by atoms with Crippen LogP contribution in [0.2, 0.25) is 0 Å². The minimum atomic E-state index is 0.545. The van der Waals surface area contributed by atoms with E-state index in [0.717, 1.165) is 35.8 Å². The van der Waals surface area contributed by atoms with Crippen LogP contribution >= 0.6 is 0 Å². The molecule has 4 rings (SSSR count). The lowest BCUT2D eigenvalue weighted by Crippen LogP contribution is -2.04. The number of benzene rings is 1. The van der Waals surface area contributed by atoms with E-state index in [1.165, 1.54) is 11.1 Å². The van der Waals surface area contributed by atoms with Crippen LogP contribution in [0.3, 0.4) is 0 Å². The van der Waals surface area contributed by atoms with Gasteiger partial charge in [0.1, 0.15) is 12.4 Å². The predicted octanol–water partition coefficient (Wildman–Crippen LogP) is 3.65. The van der Waals surface area contributed by atoms with E-state index in [4.69, 9.17) is 9.84 Å². The molecule has 3 aromatic rings. The summed E-state index contributed by atoms with van der Waals surface area (Å²) in [5.74, 6) is 1.54. The first-order chi connectivity index (χ1) is 11.6. The van der Waals surface area contributed by atoms with Gasteiger partial charge in [-0.1, -0.05) is 26.0 Å². The molecule has 0 unspecified atom stereocenters. The molecule has 1 aliphatic rings. The van der Waals surface area contributed by atoms with Crippen molar-refractivity contribution in [1.29, 1.82) is 0 Å². The zero-order chi connectivity index (χ0) is 16.7. The maximum atomic E-state index is 5.98. The largest absolute Gasteiger partial charge is 0.487 e. The molecule has 0 aliphatic carbocycles. The van der Waals surface area contributed by atoms with E-state index in [0.29, 0.717) is 12.5 Å². The van der Waals surface area contributed by atoms with Crippen LogP contribution in [0.5, 0.6) is 5.75 Å². The van der Waals surface area contributed by atoms with Gasteiger partial charge in [-0.25, -0.2) is 0 Å². The molecule has 5 heteroatoms. The molecule has 2 aromatic heterocycles. The number of hydrogen-bond acceptors (Lipinski definition) is 3. The van der Waals surface area contributed by atoms with Gasteiger partial charge in [-0.3, -0.25) is 9.36 Å². The van der Waals surface area contributed by atoms with Gasteiger partial charge < -0.3 is 4.74 Å². The van der Waals surface area contributed by atoms with Gasteiger partial charge in [0.05, 0.1) is 24.1 Å². The molecule has 5 nitrogen and oxygen atoms in total. The summed E-state index contributed by atoms with van der Waals surface area (Å²) in [6.07, 6.45) is 3.96. The number of rotatable bonds is 3. The Morgan fingerprint density at radius 1 is 1.25 bits per heavy atom. The first kappa shape index (κ1) is 15.0. The molecule has 1 aromatic carbocycles. The Bertz CT molecular complexity index is 875. The van der Waals surface area contributed by atoms with Gasteiger partial charge in [0.25, 0.3) is 0 Å². The zero-order valence-corrected chi connectivity index (χ0v) is 14.4. The van der Waals surface area contributed by atoms with Crippen LogP contribution in [0, 0.1) is 12.8 Å². The van der Waals surface area contributed by atoms with E-state index in [1.54, 1.807) is 0 Å². The highest BCUT2D eigenvalue weighted by molar-refractivity contribution is 5.57. The van der Waals surface area contributed by atoms with Gasteiger partial charge in [-0.2, -0.15) is 10.2 Å². The highest BCUT2D eigenvalue weighted by Crippen LogP contribution is 2.28. The summed E-state index contributed by atoms with van der Waals surface area (Å²) in [5.41, 5.74) is 5.49. The second-order valence-corrected chi connectivity index (χ2v) is 6.92. The number of ether oxygens (including phenoxy) is 1. The van der Waals surface area contributed by atoms with Gasteiger partial charge in [-0.15, -0.1) is 0 Å². The molecule has 0 N–H and O–H groups in total. The molecule has 0 fully saturated rings. The van der Waals surface area contributed by atoms with Crippen LogP contribution in [0.1, 0.15) is 30.7 Å². The molecule has 0 spiro atoms. The van der Waals surface area contributed by atoms with E-state index in [1.807, 2.05) is 15.6 Å². The molecule has 24 heavy (non-hydrogen) atoms. The second kappa shape index (κ2) is 5.82. The van der Waals surface area contributed by atoms with Gasteiger partial charge in [-0.05, 0) is 30.5 Å². The van der Waals surface area contributed by atoms with Gasteiger partial charge in [0.15, 0.2) is 0 Å². The normalized spacial score (nSPS) is 13.3. The first-order valence-corrected chi connectivity index (χ1v) is 8.40. The number of hydrogen-bond donors (Lipinski definition) is 0. The SMILES string of the molecule is Cc1ccc2c(c1)OCc1cc(-c3cnn(CC(C)C)c3)nn1C2. The van der Waals surface area contributed by atoms with E-state index < -0.39 is 0 Å². The minimum Gasteiger partial charge on any atom is -0.487 e. The van der Waals surface area contributed by atoms with Crippen LogP contribution < -0.4 is 4.74 Å². The Hall–Kier alpha value is -2.56. The predicted molar refractivity (Wildman–Crippen MR) is 92.9 cm³/mol. The first-order valence-electron chi connectivity index (χ1n) is 8.40. The van der Waals surface area contributed by atoms with Crippen molar-refractivity contribution < 1.29 is 4.74 Å². The van der Waals surface area contributed by atoms with E-state index in [2.05, 4.69) is 56.3 Å². The summed E-state index contributed by atoms with van der Waals surface area (Å²) in [5, 5.41) is 9.22. The number of fused-ring (bicyclic) bond motifs is 2. The van der Waals surface area contributed by atoms with Crippen molar-refractivity contribution >= 4 is 0 Å². The highest BCUT2D eigenvalue weighted by atomic mass is 16.5. The molecular weight excluding hydrogens is 300 g/mol. The minimum absolute atomic E-state index is 0.545. The van der Waals surface area contributed by atoms with Gasteiger partial charge in [0, 0.05) is 23.9 Å². The van der Waals surface area contributed by atoms with Crippen LogP contribution in [0.4, 0.5) is 0 Å². The molecule has 0 saturated carbocycles. The Labute approximate surface area is 141 Å². The monoisotopic (exact) mass is 322 g/mol. The summed E-state index contributed by atoms with van der Waals surface area (Å²) in [7, 11) is 0. The van der Waals surface area contributed by atoms with Crippen molar-refractivity contribution in [1.82, 2.24) is 19.6 Å². The van der Waals surface area contributed by atoms with Crippen LogP contribution in [-0.2, 0) is 19.7 Å². The third-order valence-electron chi connectivity index (χ3n) is 4.26. The highest BCUT2D eigenvalue weighted by Gasteiger charge is 2.17. The third kappa shape index (κ3) is 2.82. The molecule has 0 radical (unpaired) electrons. The van der Waals surface area contributed by atoms with E-state index in [-0.39, 0.29) is 0 Å². The van der Waals surface area contributed by atoms with Crippen LogP contribution in [0.15, 0.2) is 36.7 Å². The third-order valence-corrected chi connectivity index (χ3v) is 4.26. The standard InChI is InChI=1S/C19H22N4O/c1-13(2)9-22-10-16(8-20-22)18-7-17-12-24-19-6-14(3)4-5-15(19)11-23(17)21-18/h4-8,10,13H,9,11-12H2,1-3H3. The summed E-state index contributed by atoms with van der Waals surface area (Å²) in [6.45, 7) is 8.67. The van der Waals surface area contributed by atoms with Crippen molar-refractivity contribution in [2.24, 2.45) is 5.92 Å². The van der Waals surface area contributed by atoms with Crippen molar-refractivity contribution in [2.75, 3.05) is 0 Å². The topological polar surface area (TPSA) is 44.9 Å². The number of nitrogens with zero attached hydrogens (tertiary/aromatic N) is 4. The fourth-order valence-corrected chi connectivity index (χ4v) is 3.06. The quantitative estimate of drug-likeness (QED) is 0.739. The van der Waals surface area contributed by atoms with Crippen LogP contribution in [-0.4, -0.2) is 19.6 Å². The van der Waals surface area contributed by atoms with E-state index in [9.17, 15) is 0 Å². The second-order valence-electron chi connectivity index (χ2n) is 6.92. The maximum Gasteiger partial charge on any atom is 0.130 e. The molecule has 0 atom stereocenters. The lowest BCUT2D eigenvalue weighted by atomic mass is 10.1. The Morgan fingerprint density at radius 3 is 2.96 bits per heavy atom. The molecular formula is C19H22N4O.